The lowest BCUT2D eigenvalue weighted by Gasteiger charge is -2.34. The van der Waals surface area contributed by atoms with Gasteiger partial charge in [-0.3, -0.25) is 0 Å². The molecule has 0 amide bonds. The molecule has 0 radical (unpaired) electrons. The van der Waals surface area contributed by atoms with Gasteiger partial charge in [0.2, 0.25) is 0 Å². The maximum absolute atomic E-state index is 10.4. The van der Waals surface area contributed by atoms with Crippen molar-refractivity contribution < 1.29 is 5.11 Å². The summed E-state index contributed by atoms with van der Waals surface area (Å²) in [5.74, 6) is 0.391. The Balaban J connectivity index is 0.00000200. The van der Waals surface area contributed by atoms with Crippen molar-refractivity contribution in [3.05, 3.63) is 29.8 Å². The second-order valence-corrected chi connectivity index (χ2v) is 8.33. The van der Waals surface area contributed by atoms with Gasteiger partial charge in [-0.2, -0.15) is 0 Å². The van der Waals surface area contributed by atoms with Gasteiger partial charge in [0, 0.05) is 9.64 Å². The molecule has 2 atom stereocenters. The van der Waals surface area contributed by atoms with Crippen LogP contribution < -0.4 is 5.73 Å². The molecule has 1 aliphatic rings. The zero-order valence-corrected chi connectivity index (χ0v) is 14.1. The van der Waals surface area contributed by atoms with Gasteiger partial charge in [0.05, 0.1) is 12.1 Å². The molecule has 3 N–H and O–H groups in total. The first-order valence-electron chi connectivity index (χ1n) is 7.10. The van der Waals surface area contributed by atoms with E-state index >= 15 is 0 Å². The lowest BCUT2D eigenvalue weighted by atomic mass is 9.77. The topological polar surface area (TPSA) is 46.2 Å². The predicted octanol–water partition coefficient (Wildman–Crippen LogP) is 4.16. The summed E-state index contributed by atoms with van der Waals surface area (Å²) in [5, 5.41) is 10.4. The van der Waals surface area contributed by atoms with Crippen LogP contribution in [0.4, 0.5) is 0 Å². The minimum absolute atomic E-state index is 0. The summed E-state index contributed by atoms with van der Waals surface area (Å²) in [4.78, 5) is 1.20. The van der Waals surface area contributed by atoms with E-state index in [1.54, 1.807) is 0 Å². The van der Waals surface area contributed by atoms with Crippen molar-refractivity contribution in [1.82, 2.24) is 0 Å². The summed E-state index contributed by atoms with van der Waals surface area (Å²) in [7, 11) is 0. The lowest BCUT2D eigenvalue weighted by Crippen LogP contribution is -2.36. The SMILES string of the molecule is CC(C)(C)Sc1ccccc1[C@H](N)[C@H](O)C1CCC1.Cl. The van der Waals surface area contributed by atoms with Crippen LogP contribution >= 0.6 is 24.2 Å². The van der Waals surface area contributed by atoms with Crippen LogP contribution in [0.2, 0.25) is 0 Å². The molecule has 1 aromatic carbocycles. The lowest BCUT2D eigenvalue weighted by molar-refractivity contribution is 0.0407. The molecular weight excluding hydrogens is 290 g/mol. The highest BCUT2D eigenvalue weighted by molar-refractivity contribution is 8.00. The van der Waals surface area contributed by atoms with Gasteiger partial charge in [0.15, 0.2) is 0 Å². The van der Waals surface area contributed by atoms with Crippen LogP contribution in [-0.2, 0) is 0 Å². The molecule has 2 nitrogen and oxygen atoms in total. The minimum atomic E-state index is -0.407. The van der Waals surface area contributed by atoms with Gasteiger partial charge in [-0.05, 0) is 30.4 Å². The maximum atomic E-state index is 10.4. The fourth-order valence-corrected chi connectivity index (χ4v) is 3.57. The molecule has 2 rings (SSSR count). The average Bonchev–Trinajstić information content (AvgIpc) is 2.24. The van der Waals surface area contributed by atoms with Gasteiger partial charge >= 0.3 is 0 Å². The fourth-order valence-electron chi connectivity index (χ4n) is 2.44. The second-order valence-electron chi connectivity index (χ2n) is 6.46. The van der Waals surface area contributed by atoms with E-state index in [0.717, 1.165) is 18.4 Å². The predicted molar refractivity (Wildman–Crippen MR) is 89.6 cm³/mol. The van der Waals surface area contributed by atoms with Crippen LogP contribution in [0.3, 0.4) is 0 Å². The quantitative estimate of drug-likeness (QED) is 0.820. The Bertz CT molecular complexity index is 429. The number of aliphatic hydroxyl groups is 1. The molecule has 114 valence electrons. The maximum Gasteiger partial charge on any atom is 0.0761 e. The Labute approximate surface area is 132 Å². The van der Waals surface area contributed by atoms with Gasteiger partial charge < -0.3 is 10.8 Å². The number of hydrogen-bond acceptors (Lipinski definition) is 3. The number of halogens is 1. The Kier molecular flexibility index (Phi) is 6.39. The van der Waals surface area contributed by atoms with Gasteiger partial charge in [-0.1, -0.05) is 45.4 Å². The molecule has 20 heavy (non-hydrogen) atoms. The smallest absolute Gasteiger partial charge is 0.0761 e. The first-order valence-corrected chi connectivity index (χ1v) is 7.92. The van der Waals surface area contributed by atoms with Crippen molar-refractivity contribution in [3.63, 3.8) is 0 Å². The van der Waals surface area contributed by atoms with Crippen LogP contribution in [0.25, 0.3) is 0 Å². The molecule has 0 unspecified atom stereocenters. The summed E-state index contributed by atoms with van der Waals surface area (Å²) in [6, 6.07) is 7.95. The normalized spacial score (nSPS) is 18.9. The highest BCUT2D eigenvalue weighted by Crippen LogP contribution is 2.39. The average molecular weight is 316 g/mol. The van der Waals surface area contributed by atoms with E-state index in [1.165, 1.54) is 11.3 Å². The van der Waals surface area contributed by atoms with Crippen molar-refractivity contribution >= 4 is 24.2 Å². The molecule has 1 aromatic rings. The van der Waals surface area contributed by atoms with E-state index in [4.69, 9.17) is 5.73 Å². The third kappa shape index (κ3) is 4.39. The standard InChI is InChI=1S/C16H25NOS.ClH/c1-16(2,3)19-13-10-5-4-9-12(13)14(17)15(18)11-7-6-8-11;/h4-5,9-11,14-15,18H,6-8,17H2,1-3H3;1H/t14-,15+;/m0./s1. The van der Waals surface area contributed by atoms with Crippen molar-refractivity contribution in [2.75, 3.05) is 0 Å². The van der Waals surface area contributed by atoms with Crippen LogP contribution in [0.1, 0.15) is 51.6 Å². The van der Waals surface area contributed by atoms with Crippen LogP contribution in [0.15, 0.2) is 29.2 Å². The van der Waals surface area contributed by atoms with E-state index in [2.05, 4.69) is 32.9 Å². The molecule has 0 saturated heterocycles. The Morgan fingerprint density at radius 1 is 1.25 bits per heavy atom. The van der Waals surface area contributed by atoms with Crippen molar-refractivity contribution in [2.24, 2.45) is 11.7 Å². The van der Waals surface area contributed by atoms with E-state index in [0.29, 0.717) is 5.92 Å². The van der Waals surface area contributed by atoms with E-state index < -0.39 is 6.10 Å². The fraction of sp³-hybridized carbons (Fsp3) is 0.625. The van der Waals surface area contributed by atoms with Crippen molar-refractivity contribution in [2.45, 2.75) is 61.8 Å². The number of nitrogens with two attached hydrogens (primary N) is 1. The molecule has 4 heteroatoms. The molecule has 1 aliphatic carbocycles. The first kappa shape index (κ1) is 17.8. The number of rotatable bonds is 4. The first-order chi connectivity index (χ1) is 8.88. The van der Waals surface area contributed by atoms with Crippen LogP contribution in [0.5, 0.6) is 0 Å². The monoisotopic (exact) mass is 315 g/mol. The number of benzene rings is 1. The zero-order chi connectivity index (χ0) is 14.0. The zero-order valence-electron chi connectivity index (χ0n) is 12.5. The summed E-state index contributed by atoms with van der Waals surface area (Å²) in [6.07, 6.45) is 3.05. The Hall–Kier alpha value is -0.220. The Morgan fingerprint density at radius 2 is 1.85 bits per heavy atom. The Morgan fingerprint density at radius 3 is 2.35 bits per heavy atom. The van der Waals surface area contributed by atoms with Crippen LogP contribution in [0, 0.1) is 5.92 Å². The highest BCUT2D eigenvalue weighted by atomic mass is 35.5. The van der Waals surface area contributed by atoms with Gasteiger partial charge in [-0.15, -0.1) is 24.2 Å². The molecular formula is C16H26ClNOS. The largest absolute Gasteiger partial charge is 0.391 e. The highest BCUT2D eigenvalue weighted by Gasteiger charge is 2.32. The molecule has 0 aliphatic heterocycles. The molecule has 0 heterocycles. The number of thioether (sulfide) groups is 1. The van der Waals surface area contributed by atoms with Crippen molar-refractivity contribution in [1.29, 1.82) is 0 Å². The van der Waals surface area contributed by atoms with Gasteiger partial charge in [0.1, 0.15) is 0 Å². The third-order valence-corrected chi connectivity index (χ3v) is 4.90. The summed E-state index contributed by atoms with van der Waals surface area (Å²) < 4.78 is 0.150. The van der Waals surface area contributed by atoms with Crippen LogP contribution in [-0.4, -0.2) is 16.0 Å². The molecule has 1 fully saturated rings. The minimum Gasteiger partial charge on any atom is -0.391 e. The van der Waals surface area contributed by atoms with Gasteiger partial charge in [0.25, 0.3) is 0 Å². The number of hydrogen-bond donors (Lipinski definition) is 2. The molecule has 0 bridgehead atoms. The van der Waals surface area contributed by atoms with E-state index in [-0.39, 0.29) is 23.2 Å². The van der Waals surface area contributed by atoms with Gasteiger partial charge in [-0.25, -0.2) is 0 Å². The summed E-state index contributed by atoms with van der Waals surface area (Å²) in [5.41, 5.74) is 7.39. The van der Waals surface area contributed by atoms with E-state index in [1.807, 2.05) is 23.9 Å². The van der Waals surface area contributed by atoms with E-state index in [9.17, 15) is 5.11 Å². The number of aliphatic hydroxyl groups excluding tert-OH is 1. The molecule has 1 saturated carbocycles. The second kappa shape index (κ2) is 7.17. The van der Waals surface area contributed by atoms with Crippen molar-refractivity contribution in [3.8, 4) is 0 Å². The summed E-state index contributed by atoms with van der Waals surface area (Å²) in [6.45, 7) is 6.59. The third-order valence-electron chi connectivity index (χ3n) is 3.70. The molecule has 0 spiro atoms. The summed E-state index contributed by atoms with van der Waals surface area (Å²) >= 11 is 1.82. The molecule has 0 aromatic heterocycles.